The number of ether oxygens (including phenoxy) is 2. The van der Waals surface area contributed by atoms with Crippen LogP contribution in [0, 0.1) is 34.0 Å². The number of rotatable bonds is 3. The van der Waals surface area contributed by atoms with Crippen molar-refractivity contribution in [1.82, 2.24) is 0 Å². The van der Waals surface area contributed by atoms with Gasteiger partial charge in [-0.25, -0.2) is 0 Å². The van der Waals surface area contributed by atoms with Crippen molar-refractivity contribution < 1.29 is 34.1 Å². The number of carbonyl (C=O) groups excluding carboxylic acids is 2. The highest BCUT2D eigenvalue weighted by molar-refractivity contribution is 14.1. The van der Waals surface area contributed by atoms with E-state index in [1.807, 2.05) is 0 Å². The van der Waals surface area contributed by atoms with E-state index in [4.69, 9.17) is 9.47 Å². The van der Waals surface area contributed by atoms with E-state index in [0.717, 1.165) is 10.8 Å². The fourth-order valence-corrected chi connectivity index (χ4v) is 9.02. The molecule has 1 spiro atoms. The summed E-state index contributed by atoms with van der Waals surface area (Å²) in [4.78, 5) is 37.5. The number of fused-ring (bicyclic) bond motifs is 1. The van der Waals surface area contributed by atoms with Crippen LogP contribution in [0.3, 0.4) is 0 Å². The van der Waals surface area contributed by atoms with Gasteiger partial charge in [-0.05, 0) is 50.2 Å². The molecule has 4 fully saturated rings. The zero-order chi connectivity index (χ0) is 21.0. The zero-order valence-corrected chi connectivity index (χ0v) is 18.5. The molecule has 7 nitrogen and oxygen atoms in total. The Morgan fingerprint density at radius 1 is 1.41 bits per heavy atom. The third kappa shape index (κ3) is 2.05. The summed E-state index contributed by atoms with van der Waals surface area (Å²) in [7, 11) is 0. The maximum Gasteiger partial charge on any atom is 0.317 e. The van der Waals surface area contributed by atoms with Gasteiger partial charge in [0.1, 0.15) is 17.1 Å². The number of aliphatic carboxylic acids is 1. The standard InChI is InChI=1S/C21H25IO7/c1-10(23)28-13-4-6-21-11-3-5-19(9-22)8-20(11,7-12(19)24)14(16(25)26)15(21)18(13,2)17(27)29-21/h4,6,11-15,24H,3,5,7-9H2,1-2H3,(H,25,26)/t11-,12+,13+,14-,15-,18+,19+,20+,21-/m1/s1. The molecule has 158 valence electrons. The van der Waals surface area contributed by atoms with E-state index in [9.17, 15) is 24.6 Å². The summed E-state index contributed by atoms with van der Waals surface area (Å²) >= 11 is 2.30. The lowest BCUT2D eigenvalue weighted by Gasteiger charge is -2.45. The van der Waals surface area contributed by atoms with E-state index < -0.39 is 58.4 Å². The van der Waals surface area contributed by atoms with Gasteiger partial charge in [-0.3, -0.25) is 14.4 Å². The van der Waals surface area contributed by atoms with Gasteiger partial charge >= 0.3 is 17.9 Å². The van der Waals surface area contributed by atoms with Crippen molar-refractivity contribution in [3.63, 3.8) is 0 Å². The van der Waals surface area contributed by atoms with Crippen LogP contribution in [-0.4, -0.2) is 50.4 Å². The van der Waals surface area contributed by atoms with Crippen LogP contribution in [0.2, 0.25) is 0 Å². The van der Waals surface area contributed by atoms with Crippen molar-refractivity contribution in [2.75, 3.05) is 4.43 Å². The van der Waals surface area contributed by atoms with Crippen LogP contribution in [0.1, 0.15) is 39.5 Å². The van der Waals surface area contributed by atoms with Crippen LogP contribution in [0.5, 0.6) is 0 Å². The van der Waals surface area contributed by atoms with Gasteiger partial charge in [-0.2, -0.15) is 0 Å². The van der Waals surface area contributed by atoms with Gasteiger partial charge in [0.2, 0.25) is 0 Å². The first-order valence-corrected chi connectivity index (χ1v) is 11.7. The summed E-state index contributed by atoms with van der Waals surface area (Å²) in [5, 5.41) is 21.4. The number of hydrogen-bond acceptors (Lipinski definition) is 6. The summed E-state index contributed by atoms with van der Waals surface area (Å²) in [6.45, 7) is 2.96. The molecule has 0 radical (unpaired) electrons. The summed E-state index contributed by atoms with van der Waals surface area (Å²) in [5.74, 6) is -3.60. The fourth-order valence-electron chi connectivity index (χ4n) is 7.86. The van der Waals surface area contributed by atoms with Gasteiger partial charge in [0.05, 0.1) is 12.0 Å². The molecule has 9 atom stereocenters. The Morgan fingerprint density at radius 3 is 2.76 bits per heavy atom. The third-order valence-corrected chi connectivity index (χ3v) is 10.4. The van der Waals surface area contributed by atoms with Gasteiger partial charge in [0.25, 0.3) is 0 Å². The van der Waals surface area contributed by atoms with Crippen LogP contribution in [0.15, 0.2) is 12.2 Å². The largest absolute Gasteiger partial charge is 0.481 e. The summed E-state index contributed by atoms with van der Waals surface area (Å²) in [5.41, 5.74) is -3.17. The average Bonchev–Trinajstić information content (AvgIpc) is 3.08. The van der Waals surface area contributed by atoms with E-state index in [0.29, 0.717) is 19.3 Å². The minimum Gasteiger partial charge on any atom is -0.481 e. The van der Waals surface area contributed by atoms with Crippen LogP contribution >= 0.6 is 22.6 Å². The Hall–Kier alpha value is -1.16. The van der Waals surface area contributed by atoms with E-state index >= 15 is 0 Å². The molecular weight excluding hydrogens is 491 g/mol. The molecule has 8 heteroatoms. The molecule has 0 unspecified atom stereocenters. The Labute approximate surface area is 182 Å². The number of carboxylic acid groups (broad SMARTS) is 1. The van der Waals surface area contributed by atoms with E-state index in [1.54, 1.807) is 19.1 Å². The molecule has 1 heterocycles. The lowest BCUT2D eigenvalue weighted by molar-refractivity contribution is -0.166. The topological polar surface area (TPSA) is 110 Å². The van der Waals surface area contributed by atoms with Crippen molar-refractivity contribution in [2.24, 2.45) is 34.0 Å². The summed E-state index contributed by atoms with van der Waals surface area (Å²) < 4.78 is 12.3. The predicted octanol–water partition coefficient (Wildman–Crippen LogP) is 2.09. The normalized spacial score (nSPS) is 53.9. The maximum absolute atomic E-state index is 13.1. The SMILES string of the molecule is CC(=O)O[C@H]1C=C[C@]23OC(=O)[C@]1(C)[C@H]2[C@H](C(=O)O)[C@]12C[C@H](O)[C@@](CI)(CC[C@H]13)C2. The molecule has 0 aromatic rings. The minimum absolute atomic E-state index is 0.158. The monoisotopic (exact) mass is 516 g/mol. The highest BCUT2D eigenvalue weighted by Gasteiger charge is 2.84. The van der Waals surface area contributed by atoms with Gasteiger partial charge in [0.15, 0.2) is 0 Å². The van der Waals surface area contributed by atoms with Gasteiger partial charge in [-0.1, -0.05) is 22.6 Å². The van der Waals surface area contributed by atoms with E-state index in [-0.39, 0.29) is 11.3 Å². The molecule has 2 N–H and O–H groups in total. The molecule has 4 bridgehead atoms. The third-order valence-electron chi connectivity index (χ3n) is 8.87. The number of hydrogen-bond donors (Lipinski definition) is 2. The molecule has 5 aliphatic rings. The molecule has 0 amide bonds. The molecule has 1 saturated heterocycles. The maximum atomic E-state index is 13.1. The van der Waals surface area contributed by atoms with Gasteiger partial charge in [0, 0.05) is 28.6 Å². The molecule has 5 rings (SSSR count). The molecule has 3 saturated carbocycles. The van der Waals surface area contributed by atoms with E-state index in [1.165, 1.54) is 6.92 Å². The highest BCUT2D eigenvalue weighted by atomic mass is 127. The first-order valence-electron chi connectivity index (χ1n) is 10.1. The van der Waals surface area contributed by atoms with Gasteiger partial charge < -0.3 is 19.7 Å². The average molecular weight is 516 g/mol. The van der Waals surface area contributed by atoms with Crippen molar-refractivity contribution in [2.45, 2.75) is 57.3 Å². The lowest BCUT2D eigenvalue weighted by atomic mass is 9.60. The summed E-state index contributed by atoms with van der Waals surface area (Å²) in [6.07, 6.45) is 4.65. The second kappa shape index (κ2) is 5.75. The smallest absolute Gasteiger partial charge is 0.317 e. The van der Waals surface area contributed by atoms with E-state index in [2.05, 4.69) is 22.6 Å². The second-order valence-electron chi connectivity index (χ2n) is 9.93. The second-order valence-corrected chi connectivity index (χ2v) is 10.7. The Bertz CT molecular complexity index is 856. The fraction of sp³-hybridized carbons (Fsp3) is 0.762. The number of halogens is 1. The van der Waals surface area contributed by atoms with Crippen LogP contribution in [-0.2, 0) is 23.9 Å². The highest BCUT2D eigenvalue weighted by Crippen LogP contribution is 2.78. The number of esters is 2. The zero-order valence-electron chi connectivity index (χ0n) is 16.4. The molecule has 0 aromatic heterocycles. The molecule has 4 aliphatic carbocycles. The minimum atomic E-state index is -1.25. The Balaban J connectivity index is 1.71. The number of aliphatic hydroxyl groups is 1. The quantitative estimate of drug-likeness (QED) is 0.256. The number of carbonyl (C=O) groups is 3. The summed E-state index contributed by atoms with van der Waals surface area (Å²) in [6, 6.07) is 0. The first kappa shape index (κ1) is 19.8. The molecule has 1 aliphatic heterocycles. The molecule has 0 aromatic carbocycles. The van der Waals surface area contributed by atoms with Crippen molar-refractivity contribution in [1.29, 1.82) is 0 Å². The number of carboxylic acids is 1. The van der Waals surface area contributed by atoms with Crippen LogP contribution in [0.25, 0.3) is 0 Å². The Kier molecular flexibility index (Phi) is 3.92. The first-order chi connectivity index (χ1) is 13.6. The predicted molar refractivity (Wildman–Crippen MR) is 108 cm³/mol. The van der Waals surface area contributed by atoms with Crippen LogP contribution < -0.4 is 0 Å². The Morgan fingerprint density at radius 2 is 2.14 bits per heavy atom. The lowest BCUT2D eigenvalue weighted by Crippen LogP contribution is -2.52. The number of aliphatic hydroxyl groups excluding tert-OH is 1. The van der Waals surface area contributed by atoms with Crippen molar-refractivity contribution >= 4 is 40.5 Å². The molecular formula is C21H25IO7. The molecule has 29 heavy (non-hydrogen) atoms. The van der Waals surface area contributed by atoms with Crippen molar-refractivity contribution in [3.05, 3.63) is 12.2 Å². The van der Waals surface area contributed by atoms with Gasteiger partial charge in [-0.15, -0.1) is 0 Å². The number of alkyl halides is 1. The van der Waals surface area contributed by atoms with Crippen molar-refractivity contribution in [3.8, 4) is 0 Å². The van der Waals surface area contributed by atoms with Crippen LogP contribution in [0.4, 0.5) is 0 Å².